The smallest absolute Gasteiger partial charge is 0.292 e. The zero-order valence-corrected chi connectivity index (χ0v) is 12.9. The number of carbonyl (C=O) groups is 2. The first kappa shape index (κ1) is 15.3. The van der Waals surface area contributed by atoms with Crippen LogP contribution < -0.4 is 5.32 Å². The van der Waals surface area contributed by atoms with Gasteiger partial charge in [0, 0.05) is 30.2 Å². The first-order valence-electron chi connectivity index (χ1n) is 7.44. The van der Waals surface area contributed by atoms with Gasteiger partial charge in [0.1, 0.15) is 0 Å². The largest absolute Gasteiger partial charge is 0.349 e. The lowest BCUT2D eigenvalue weighted by Gasteiger charge is -2.04. The molecule has 0 saturated heterocycles. The van der Waals surface area contributed by atoms with E-state index in [0.29, 0.717) is 12.1 Å². The van der Waals surface area contributed by atoms with Gasteiger partial charge in [-0.15, -0.1) is 0 Å². The Labute approximate surface area is 125 Å². The lowest BCUT2D eigenvalue weighted by Crippen LogP contribution is -2.32. The fourth-order valence-electron chi connectivity index (χ4n) is 2.58. The van der Waals surface area contributed by atoms with Gasteiger partial charge in [0.25, 0.3) is 11.7 Å². The van der Waals surface area contributed by atoms with Gasteiger partial charge in [0.15, 0.2) is 0 Å². The van der Waals surface area contributed by atoms with Crippen LogP contribution in [0.1, 0.15) is 42.2 Å². The van der Waals surface area contributed by atoms with Crippen LogP contribution in [0, 0.1) is 6.92 Å². The summed E-state index contributed by atoms with van der Waals surface area (Å²) in [4.78, 5) is 24.5. The van der Waals surface area contributed by atoms with Crippen molar-refractivity contribution in [2.24, 2.45) is 7.05 Å². The van der Waals surface area contributed by atoms with E-state index in [1.807, 2.05) is 42.8 Å². The molecule has 2 rings (SSSR count). The average Bonchev–Trinajstić information content (AvgIpc) is 2.75. The highest BCUT2D eigenvalue weighted by molar-refractivity contribution is 6.45. The second-order valence-electron chi connectivity index (χ2n) is 5.33. The molecular weight excluding hydrogens is 264 g/mol. The molecule has 0 spiro atoms. The summed E-state index contributed by atoms with van der Waals surface area (Å²) in [6.07, 6.45) is 3.05. The van der Waals surface area contributed by atoms with Crippen LogP contribution in [0.2, 0.25) is 0 Å². The molecule has 112 valence electrons. The van der Waals surface area contributed by atoms with E-state index in [1.54, 1.807) is 0 Å². The highest BCUT2D eigenvalue weighted by atomic mass is 16.2. The SMILES string of the molecule is CCCCCNC(=O)C(=O)c1c(C)n(C)c2ccccc12. The van der Waals surface area contributed by atoms with Crippen molar-refractivity contribution < 1.29 is 9.59 Å². The van der Waals surface area contributed by atoms with Crippen molar-refractivity contribution in [1.82, 2.24) is 9.88 Å². The minimum absolute atomic E-state index is 0.444. The molecule has 1 aromatic carbocycles. The van der Waals surface area contributed by atoms with Gasteiger partial charge in [-0.3, -0.25) is 9.59 Å². The molecule has 4 heteroatoms. The van der Waals surface area contributed by atoms with Crippen molar-refractivity contribution in [2.45, 2.75) is 33.1 Å². The van der Waals surface area contributed by atoms with Gasteiger partial charge < -0.3 is 9.88 Å². The number of aryl methyl sites for hydroxylation is 1. The number of benzene rings is 1. The third-order valence-corrected chi connectivity index (χ3v) is 3.90. The molecule has 0 fully saturated rings. The van der Waals surface area contributed by atoms with E-state index < -0.39 is 11.7 Å². The van der Waals surface area contributed by atoms with Crippen molar-refractivity contribution in [3.63, 3.8) is 0 Å². The highest BCUT2D eigenvalue weighted by Crippen LogP contribution is 2.25. The van der Waals surface area contributed by atoms with Crippen LogP contribution in [0.3, 0.4) is 0 Å². The van der Waals surface area contributed by atoms with Crippen LogP contribution in [-0.2, 0) is 11.8 Å². The molecule has 1 N–H and O–H groups in total. The summed E-state index contributed by atoms with van der Waals surface area (Å²) < 4.78 is 1.95. The number of aromatic nitrogens is 1. The van der Waals surface area contributed by atoms with Gasteiger partial charge in [-0.2, -0.15) is 0 Å². The third-order valence-electron chi connectivity index (χ3n) is 3.90. The average molecular weight is 286 g/mol. The molecule has 0 aliphatic carbocycles. The van der Waals surface area contributed by atoms with Crippen LogP contribution in [0.15, 0.2) is 24.3 Å². The predicted octanol–water partition coefficient (Wildman–Crippen LogP) is 2.98. The molecule has 2 aromatic rings. The Bertz CT molecular complexity index is 671. The van der Waals surface area contributed by atoms with Crippen molar-refractivity contribution in [1.29, 1.82) is 0 Å². The first-order chi connectivity index (χ1) is 10.1. The zero-order valence-electron chi connectivity index (χ0n) is 12.9. The lowest BCUT2D eigenvalue weighted by atomic mass is 10.1. The first-order valence-corrected chi connectivity index (χ1v) is 7.44. The number of fused-ring (bicyclic) bond motifs is 1. The summed E-state index contributed by atoms with van der Waals surface area (Å²) >= 11 is 0. The topological polar surface area (TPSA) is 51.1 Å². The van der Waals surface area contributed by atoms with Crippen LogP contribution in [0.4, 0.5) is 0 Å². The molecule has 1 amide bonds. The molecule has 0 atom stereocenters. The molecule has 0 bridgehead atoms. The number of para-hydroxylation sites is 1. The van der Waals surface area contributed by atoms with Crippen LogP contribution in [0.5, 0.6) is 0 Å². The number of carbonyl (C=O) groups excluding carboxylic acids is 2. The maximum Gasteiger partial charge on any atom is 0.292 e. The van der Waals surface area contributed by atoms with E-state index in [4.69, 9.17) is 0 Å². The number of unbranched alkanes of at least 4 members (excludes halogenated alkanes) is 2. The van der Waals surface area contributed by atoms with Crippen LogP contribution >= 0.6 is 0 Å². The van der Waals surface area contributed by atoms with Crippen molar-refractivity contribution in [2.75, 3.05) is 6.54 Å². The Morgan fingerprint density at radius 1 is 1.19 bits per heavy atom. The van der Waals surface area contributed by atoms with E-state index in [2.05, 4.69) is 12.2 Å². The fourth-order valence-corrected chi connectivity index (χ4v) is 2.58. The molecule has 1 aromatic heterocycles. The maximum absolute atomic E-state index is 12.4. The number of rotatable bonds is 6. The van der Waals surface area contributed by atoms with Crippen LogP contribution in [0.25, 0.3) is 10.9 Å². The monoisotopic (exact) mass is 286 g/mol. The van der Waals surface area contributed by atoms with Crippen molar-refractivity contribution >= 4 is 22.6 Å². The van der Waals surface area contributed by atoms with Gasteiger partial charge >= 0.3 is 0 Å². The summed E-state index contributed by atoms with van der Waals surface area (Å²) in [6, 6.07) is 7.66. The Kier molecular flexibility index (Phi) is 4.78. The minimum atomic E-state index is -0.509. The number of ketones is 1. The Balaban J connectivity index is 2.23. The molecule has 1 heterocycles. The van der Waals surface area contributed by atoms with E-state index in [1.165, 1.54) is 0 Å². The molecule has 0 aliphatic rings. The number of nitrogens with zero attached hydrogens (tertiary/aromatic N) is 1. The fraction of sp³-hybridized carbons (Fsp3) is 0.412. The molecule has 4 nitrogen and oxygen atoms in total. The zero-order chi connectivity index (χ0) is 15.4. The number of Topliss-reactive ketones (excluding diaryl/α,β-unsaturated/α-hetero) is 1. The molecule has 0 saturated carbocycles. The van der Waals surface area contributed by atoms with E-state index in [-0.39, 0.29) is 0 Å². The third kappa shape index (κ3) is 2.99. The molecule has 0 radical (unpaired) electrons. The normalized spacial score (nSPS) is 10.8. The Morgan fingerprint density at radius 3 is 2.62 bits per heavy atom. The number of hydrogen-bond donors (Lipinski definition) is 1. The quantitative estimate of drug-likeness (QED) is 0.504. The number of hydrogen-bond acceptors (Lipinski definition) is 2. The van der Waals surface area contributed by atoms with Gasteiger partial charge in [-0.25, -0.2) is 0 Å². The standard InChI is InChI=1S/C17H22N2O2/c1-4-5-8-11-18-17(21)16(20)15-12(2)19(3)14-10-7-6-9-13(14)15/h6-7,9-10H,4-5,8,11H2,1-3H3,(H,18,21). The Hall–Kier alpha value is -2.10. The van der Waals surface area contributed by atoms with Gasteiger partial charge in [-0.1, -0.05) is 38.0 Å². The maximum atomic E-state index is 12.4. The summed E-state index contributed by atoms with van der Waals surface area (Å²) in [5.74, 6) is -0.952. The number of amides is 1. The highest BCUT2D eigenvalue weighted by Gasteiger charge is 2.23. The number of nitrogens with one attached hydrogen (secondary N) is 1. The van der Waals surface area contributed by atoms with Crippen molar-refractivity contribution in [3.8, 4) is 0 Å². The van der Waals surface area contributed by atoms with Gasteiger partial charge in [-0.05, 0) is 19.4 Å². The molecular formula is C17H22N2O2. The lowest BCUT2D eigenvalue weighted by molar-refractivity contribution is -0.117. The summed E-state index contributed by atoms with van der Waals surface area (Å²) in [5.41, 5.74) is 2.31. The van der Waals surface area contributed by atoms with Gasteiger partial charge in [0.2, 0.25) is 0 Å². The molecule has 0 aliphatic heterocycles. The second kappa shape index (κ2) is 6.57. The van der Waals surface area contributed by atoms with Crippen molar-refractivity contribution in [3.05, 3.63) is 35.5 Å². The molecule has 21 heavy (non-hydrogen) atoms. The van der Waals surface area contributed by atoms with Crippen LogP contribution in [-0.4, -0.2) is 22.8 Å². The Morgan fingerprint density at radius 2 is 1.90 bits per heavy atom. The summed E-state index contributed by atoms with van der Waals surface area (Å²) in [6.45, 7) is 4.53. The van der Waals surface area contributed by atoms with Gasteiger partial charge in [0.05, 0.1) is 5.56 Å². The summed E-state index contributed by atoms with van der Waals surface area (Å²) in [5, 5.41) is 3.56. The predicted molar refractivity (Wildman–Crippen MR) is 84.5 cm³/mol. The van der Waals surface area contributed by atoms with E-state index >= 15 is 0 Å². The summed E-state index contributed by atoms with van der Waals surface area (Å²) in [7, 11) is 1.91. The minimum Gasteiger partial charge on any atom is -0.349 e. The molecule has 0 unspecified atom stereocenters. The van der Waals surface area contributed by atoms with E-state index in [0.717, 1.165) is 35.9 Å². The second-order valence-corrected chi connectivity index (χ2v) is 5.33. The van der Waals surface area contributed by atoms with E-state index in [9.17, 15) is 9.59 Å².